The highest BCUT2D eigenvalue weighted by molar-refractivity contribution is 6.01. The Morgan fingerprint density at radius 2 is 1.23 bits per heavy atom. The minimum atomic E-state index is -5.53. The summed E-state index contributed by atoms with van der Waals surface area (Å²) in [5.41, 5.74) is -5.71. The second-order valence-corrected chi connectivity index (χ2v) is 31.4. The van der Waals surface area contributed by atoms with E-state index in [4.69, 9.17) is 9.47 Å². The number of hydrogen-bond donors (Lipinski definition) is 3. The summed E-state index contributed by atoms with van der Waals surface area (Å²) in [5, 5.41) is 7.99. The first-order chi connectivity index (χ1) is 53.4. The summed E-state index contributed by atoms with van der Waals surface area (Å²) in [4.78, 5) is 192. The third-order valence-corrected chi connectivity index (χ3v) is 23.0. The molecule has 2 aliphatic carbocycles. The van der Waals surface area contributed by atoms with Gasteiger partial charge in [0, 0.05) is 74.9 Å². The zero-order valence-corrected chi connectivity index (χ0v) is 65.9. The minimum absolute atomic E-state index is 0.00220. The van der Waals surface area contributed by atoms with Gasteiger partial charge in [-0.3, -0.25) is 57.5 Å². The number of nitrogens with zero attached hydrogens (tertiary/aromatic N) is 9. The number of aryl methyl sites for hydroxylation is 1. The number of morpholine rings is 1. The number of nitrogens with one attached hydrogen (secondary N) is 3. The van der Waals surface area contributed by atoms with E-state index in [9.17, 15) is 58.7 Å². The largest absolute Gasteiger partial charge is 0.422 e. The molecule has 0 unspecified atom stereocenters. The Balaban J connectivity index is 1.25. The fourth-order valence-corrected chi connectivity index (χ4v) is 16.0. The lowest BCUT2D eigenvalue weighted by atomic mass is 9.74. The molecule has 0 radical (unpaired) electrons. The summed E-state index contributed by atoms with van der Waals surface area (Å²) in [6.07, 6.45) is -19.0. The highest BCUT2D eigenvalue weighted by Gasteiger charge is 2.55. The molecule has 2 saturated carbocycles. The molecule has 6 fully saturated rings. The Hall–Kier alpha value is -8.77. The zero-order chi connectivity index (χ0) is 84.4. The Labute approximate surface area is 655 Å². The molecule has 6 aliphatic rings. The van der Waals surface area contributed by atoms with Crippen LogP contribution in [0.3, 0.4) is 0 Å². The van der Waals surface area contributed by atoms with Crippen molar-refractivity contribution < 1.29 is 115 Å². The molecular formula is C77H105F11N12O14. The van der Waals surface area contributed by atoms with E-state index in [1.54, 1.807) is 27.7 Å². The van der Waals surface area contributed by atoms with E-state index in [1.165, 1.54) is 40.1 Å². The highest BCUT2D eigenvalue weighted by atomic mass is 19.4. The number of alkyl halides is 9. The van der Waals surface area contributed by atoms with Crippen molar-refractivity contribution in [2.45, 2.75) is 222 Å². The van der Waals surface area contributed by atoms with Crippen LogP contribution in [-0.4, -0.2) is 283 Å². The number of likely N-dealkylation sites (N-methyl/N-ethyl adjacent to an activating group) is 6. The Kier molecular flexibility index (Phi) is 30.5. The number of benzene rings is 2. The average Bonchev–Trinajstić information content (AvgIpc) is 1.19. The van der Waals surface area contributed by atoms with Crippen LogP contribution in [0.4, 0.5) is 48.3 Å². The summed E-state index contributed by atoms with van der Waals surface area (Å²) in [5.74, 6) is -16.8. The number of halogens is 11. The van der Waals surface area contributed by atoms with Gasteiger partial charge in [0.05, 0.1) is 57.4 Å². The van der Waals surface area contributed by atoms with E-state index in [0.717, 1.165) is 70.5 Å². The smallest absolute Gasteiger partial charge is 0.378 e. The van der Waals surface area contributed by atoms with Crippen molar-refractivity contribution in [3.05, 3.63) is 70.3 Å². The van der Waals surface area contributed by atoms with Gasteiger partial charge in [0.2, 0.25) is 70.9 Å². The minimum Gasteiger partial charge on any atom is -0.378 e. The van der Waals surface area contributed by atoms with Crippen LogP contribution in [0.15, 0.2) is 36.4 Å². The number of carbonyl (C=O) groups is 12. The molecule has 8 rings (SSSR count). The molecule has 2 aromatic carbocycles. The normalized spacial score (nSPS) is 26.1. The Morgan fingerprint density at radius 1 is 0.614 bits per heavy atom. The van der Waals surface area contributed by atoms with Gasteiger partial charge in [-0.25, -0.2) is 8.78 Å². The van der Waals surface area contributed by atoms with Crippen LogP contribution >= 0.6 is 0 Å². The lowest BCUT2D eigenvalue weighted by molar-refractivity contribution is -0.160. The number of amides is 12. The number of carbonyl (C=O) groups excluding carboxylic acids is 12. The molecule has 114 heavy (non-hydrogen) atoms. The fourth-order valence-electron chi connectivity index (χ4n) is 16.0. The van der Waals surface area contributed by atoms with Gasteiger partial charge in [-0.15, -0.1) is 0 Å². The standard InChI is InChI=1S/C77H105F11N12O14/c1-11-45(4)62-71(110)93(6)43-60(103)94(7)53-19-14-15-30-99(70(53)109)56(40-46-20-23-49(24-21-46)76(83,84)85)68(107)92(5)42-58(101)89-52(25-22-47-38-50(78)61(51(79)39-47)77(86,87)88)67(106)100-31-26-57(114-34-29-75(80,81)82)64(100)66(105)91-74(27-16-28-74)73(112)97(10)63(48-17-12-13-18-48)72(111)96(9)55(69(108)98-32-35-113-36-33-98)41-59(102)95(8)54(37-44(2)3)65(104)90-62/h20-21,23-24,38-39,44-45,48,52-57,62-64H,11-19,22,25-37,40-43H2,1-10H3,(H,89,101)(H,90,104)(H,91,105)/t45-,52-,53-,54-,55-,56-,57-,62-,63-,64-/m0/s1. The summed E-state index contributed by atoms with van der Waals surface area (Å²) < 4.78 is 167. The first kappa shape index (κ1) is 90.8. The van der Waals surface area contributed by atoms with E-state index in [0.29, 0.717) is 37.8 Å². The molecule has 2 bridgehead atoms. The number of hydrogen-bond acceptors (Lipinski definition) is 14. The zero-order valence-electron chi connectivity index (χ0n) is 65.9. The topological polar surface area (TPSA) is 289 Å². The second-order valence-electron chi connectivity index (χ2n) is 31.4. The molecule has 26 nitrogen and oxygen atoms in total. The van der Waals surface area contributed by atoms with Gasteiger partial charge >= 0.3 is 18.5 Å². The van der Waals surface area contributed by atoms with E-state index >= 15 is 47.1 Å². The van der Waals surface area contributed by atoms with Crippen molar-refractivity contribution in [2.75, 3.05) is 101 Å². The summed E-state index contributed by atoms with van der Waals surface area (Å²) in [6.45, 7) is 3.63. The lowest BCUT2D eigenvalue weighted by Gasteiger charge is -2.47. The Bertz CT molecular complexity index is 3790. The molecule has 2 aromatic rings. The molecule has 37 heteroatoms. The van der Waals surface area contributed by atoms with Crippen molar-refractivity contribution >= 4 is 70.9 Å². The van der Waals surface area contributed by atoms with Crippen molar-refractivity contribution in [3.63, 3.8) is 0 Å². The van der Waals surface area contributed by atoms with Gasteiger partial charge in [-0.05, 0) is 130 Å². The first-order valence-corrected chi connectivity index (χ1v) is 38.7. The highest BCUT2D eigenvalue weighted by Crippen LogP contribution is 2.40. The second kappa shape index (κ2) is 38.3. The molecule has 12 amide bonds. The van der Waals surface area contributed by atoms with Gasteiger partial charge in [-0.1, -0.05) is 59.1 Å². The van der Waals surface area contributed by atoms with Gasteiger partial charge in [0.1, 0.15) is 71.1 Å². The van der Waals surface area contributed by atoms with E-state index < -0.39 is 254 Å². The van der Waals surface area contributed by atoms with E-state index in [-0.39, 0.29) is 95.7 Å². The molecule has 4 heterocycles. The third-order valence-electron chi connectivity index (χ3n) is 23.0. The van der Waals surface area contributed by atoms with Crippen molar-refractivity contribution in [1.29, 1.82) is 0 Å². The molecule has 4 saturated heterocycles. The van der Waals surface area contributed by atoms with Crippen molar-refractivity contribution in [2.24, 2.45) is 17.8 Å². The third kappa shape index (κ3) is 22.0. The van der Waals surface area contributed by atoms with Crippen LogP contribution in [0.2, 0.25) is 0 Å². The van der Waals surface area contributed by atoms with Crippen molar-refractivity contribution in [1.82, 2.24) is 60.0 Å². The predicted molar refractivity (Wildman–Crippen MR) is 388 cm³/mol. The monoisotopic (exact) mass is 1630 g/mol. The van der Waals surface area contributed by atoms with E-state index in [2.05, 4.69) is 16.0 Å². The number of fused-ring (bicyclic) bond motifs is 3. The van der Waals surface area contributed by atoms with Gasteiger partial charge in [0.15, 0.2) is 0 Å². The number of rotatable bonds is 14. The fraction of sp³-hybridized carbons (Fsp3) is 0.688. The van der Waals surface area contributed by atoms with Gasteiger partial charge in [-0.2, -0.15) is 39.5 Å². The maximum atomic E-state index is 15.8. The molecule has 10 atom stereocenters. The maximum absolute atomic E-state index is 15.8. The SMILES string of the molecule is CC[C@H](C)[C@@H]1NC(=O)[C@H](CC(C)C)N(C)C(=O)C[C@@H](C(=O)N2CCOCC2)N(C)C(=O)[C@H](C2CCCC2)N(C)C(=O)C2(CCC2)NC(=O)[C@@H]2[C@@H](OCCC(F)(F)F)CCN2C(=O)[C@H](CCc2cc(F)c(C(F)(F)F)c(F)c2)NC(=O)CN(C)C(=O)[C@H](Cc2ccc(C(F)(F)F)cc2)N2CCCC[C@@H](C2=O)N(C)C(=O)CN(C)C1=O. The van der Waals surface area contributed by atoms with E-state index in [1.807, 2.05) is 0 Å². The van der Waals surface area contributed by atoms with Crippen LogP contribution < -0.4 is 16.0 Å². The molecule has 0 aromatic heterocycles. The summed E-state index contributed by atoms with van der Waals surface area (Å²) in [6, 6.07) is -8.59. The van der Waals surface area contributed by atoms with Gasteiger partial charge < -0.3 is 69.5 Å². The molecule has 1 spiro atoms. The van der Waals surface area contributed by atoms with Crippen molar-refractivity contribution in [3.8, 4) is 0 Å². The molecule has 634 valence electrons. The van der Waals surface area contributed by atoms with Gasteiger partial charge in [0.25, 0.3) is 0 Å². The Morgan fingerprint density at radius 3 is 1.80 bits per heavy atom. The summed E-state index contributed by atoms with van der Waals surface area (Å²) >= 11 is 0. The summed E-state index contributed by atoms with van der Waals surface area (Å²) in [7, 11) is 7.57. The van der Waals surface area contributed by atoms with Crippen LogP contribution in [-0.2, 0) is 92.2 Å². The van der Waals surface area contributed by atoms with Crippen LogP contribution in [0.5, 0.6) is 0 Å². The molecular weight excluding hydrogens is 1530 g/mol. The lowest BCUT2D eigenvalue weighted by Crippen LogP contribution is -2.69. The quantitative estimate of drug-likeness (QED) is 0.176. The average molecular weight is 1630 g/mol. The van der Waals surface area contributed by atoms with Crippen LogP contribution in [0.1, 0.15) is 153 Å². The molecule has 3 N–H and O–H groups in total. The van der Waals surface area contributed by atoms with Crippen LogP contribution in [0.25, 0.3) is 0 Å². The first-order valence-electron chi connectivity index (χ1n) is 38.7. The predicted octanol–water partition coefficient (Wildman–Crippen LogP) is 6.28. The number of ether oxygens (including phenoxy) is 2. The molecule has 4 aliphatic heterocycles. The van der Waals surface area contributed by atoms with Crippen LogP contribution in [0, 0.1) is 29.4 Å². The maximum Gasteiger partial charge on any atom is 0.422 e.